The minimum Gasteiger partial charge on any atom is -0.504 e. The van der Waals surface area contributed by atoms with Gasteiger partial charge in [0.2, 0.25) is 0 Å². The van der Waals surface area contributed by atoms with Crippen molar-refractivity contribution in [3.63, 3.8) is 0 Å². The average molecular weight is 263 g/mol. The molecule has 0 saturated heterocycles. The lowest BCUT2D eigenvalue weighted by atomic mass is 10.0. The van der Waals surface area contributed by atoms with Gasteiger partial charge in [-0.3, -0.25) is 10.1 Å². The summed E-state index contributed by atoms with van der Waals surface area (Å²) in [6, 6.07) is 7.71. The Hall–Kier alpha value is -2.63. The molecule has 2 aromatic carbocycles. The van der Waals surface area contributed by atoms with Crippen molar-refractivity contribution in [2.45, 2.75) is 0 Å². The van der Waals surface area contributed by atoms with Crippen LogP contribution in [0, 0.1) is 15.9 Å². The predicted octanol–water partition coefficient (Wildman–Crippen LogP) is 3.12. The highest BCUT2D eigenvalue weighted by molar-refractivity contribution is 5.75. The van der Waals surface area contributed by atoms with Gasteiger partial charge in [0.1, 0.15) is 5.82 Å². The van der Waals surface area contributed by atoms with E-state index < -0.39 is 10.7 Å². The van der Waals surface area contributed by atoms with Gasteiger partial charge in [0.25, 0.3) is 5.69 Å². The van der Waals surface area contributed by atoms with Gasteiger partial charge < -0.3 is 9.84 Å². The van der Waals surface area contributed by atoms with E-state index in [1.807, 2.05) is 0 Å². The van der Waals surface area contributed by atoms with Crippen molar-refractivity contribution in [2.24, 2.45) is 0 Å². The van der Waals surface area contributed by atoms with Crippen LogP contribution in [0.1, 0.15) is 0 Å². The zero-order valence-corrected chi connectivity index (χ0v) is 9.96. The molecule has 0 unspecified atom stereocenters. The first-order chi connectivity index (χ1) is 9.04. The normalized spacial score (nSPS) is 10.2. The molecule has 0 aliphatic carbocycles. The van der Waals surface area contributed by atoms with Crippen molar-refractivity contribution in [3.8, 4) is 22.6 Å². The molecule has 0 aliphatic rings. The monoisotopic (exact) mass is 263 g/mol. The van der Waals surface area contributed by atoms with Crippen molar-refractivity contribution < 1.29 is 19.2 Å². The van der Waals surface area contributed by atoms with Gasteiger partial charge in [-0.1, -0.05) is 12.1 Å². The summed E-state index contributed by atoms with van der Waals surface area (Å²) in [6.07, 6.45) is 0. The molecule has 0 saturated carbocycles. The number of halogens is 1. The second-order valence-corrected chi connectivity index (χ2v) is 3.78. The van der Waals surface area contributed by atoms with Crippen molar-refractivity contribution in [1.82, 2.24) is 0 Å². The van der Waals surface area contributed by atoms with Gasteiger partial charge in [-0.05, 0) is 17.7 Å². The average Bonchev–Trinajstić information content (AvgIpc) is 2.41. The summed E-state index contributed by atoms with van der Waals surface area (Å²) in [5, 5.41) is 20.4. The highest BCUT2D eigenvalue weighted by atomic mass is 19.1. The number of hydrogen-bond donors (Lipinski definition) is 1. The van der Waals surface area contributed by atoms with Crippen molar-refractivity contribution in [3.05, 3.63) is 52.3 Å². The molecule has 19 heavy (non-hydrogen) atoms. The third-order valence-electron chi connectivity index (χ3n) is 2.64. The Labute approximate surface area is 108 Å². The number of benzene rings is 2. The lowest BCUT2D eigenvalue weighted by molar-refractivity contribution is -0.384. The van der Waals surface area contributed by atoms with Gasteiger partial charge in [0.05, 0.1) is 17.6 Å². The SMILES string of the molecule is COc1c(O)ccc(F)c1-c1cccc([N+](=O)[O-])c1. The lowest BCUT2D eigenvalue weighted by Gasteiger charge is -2.11. The molecule has 2 aromatic rings. The highest BCUT2D eigenvalue weighted by Gasteiger charge is 2.17. The largest absolute Gasteiger partial charge is 0.504 e. The summed E-state index contributed by atoms with van der Waals surface area (Å²) in [5.41, 5.74) is 0.0907. The maximum atomic E-state index is 13.9. The summed E-state index contributed by atoms with van der Waals surface area (Å²) in [5.74, 6) is -0.916. The Morgan fingerprint density at radius 3 is 2.68 bits per heavy atom. The van der Waals surface area contributed by atoms with Crippen LogP contribution in [0.25, 0.3) is 11.1 Å². The number of phenols is 1. The van der Waals surface area contributed by atoms with Gasteiger partial charge in [0, 0.05) is 12.1 Å². The van der Waals surface area contributed by atoms with E-state index in [2.05, 4.69) is 0 Å². The molecule has 1 N–H and O–H groups in total. The molecule has 6 heteroatoms. The Bertz CT molecular complexity index is 643. The molecule has 0 aliphatic heterocycles. The zero-order chi connectivity index (χ0) is 14.0. The lowest BCUT2D eigenvalue weighted by Crippen LogP contribution is -1.94. The molecular formula is C13H10FNO4. The maximum Gasteiger partial charge on any atom is 0.270 e. The molecule has 5 nitrogen and oxygen atoms in total. The van der Waals surface area contributed by atoms with Crippen LogP contribution in [0.3, 0.4) is 0 Å². The molecule has 2 rings (SSSR count). The summed E-state index contributed by atoms with van der Waals surface area (Å²) in [4.78, 5) is 10.1. The first-order valence-electron chi connectivity index (χ1n) is 5.35. The molecular weight excluding hydrogens is 253 g/mol. The fourth-order valence-corrected chi connectivity index (χ4v) is 1.80. The number of nitro groups is 1. The number of non-ortho nitro benzene ring substituents is 1. The van der Waals surface area contributed by atoms with Gasteiger partial charge in [0.15, 0.2) is 11.5 Å². The number of hydrogen-bond acceptors (Lipinski definition) is 4. The third kappa shape index (κ3) is 2.33. The van der Waals surface area contributed by atoms with Gasteiger partial charge >= 0.3 is 0 Å². The fraction of sp³-hybridized carbons (Fsp3) is 0.0769. The minimum atomic E-state index is -0.629. The van der Waals surface area contributed by atoms with E-state index in [0.29, 0.717) is 0 Å². The number of rotatable bonds is 3. The second kappa shape index (κ2) is 4.93. The van der Waals surface area contributed by atoms with Crippen molar-refractivity contribution >= 4 is 5.69 Å². The van der Waals surface area contributed by atoms with Crippen LogP contribution in [0.4, 0.5) is 10.1 Å². The van der Waals surface area contributed by atoms with E-state index in [9.17, 15) is 19.6 Å². The Morgan fingerprint density at radius 2 is 2.05 bits per heavy atom. The molecule has 0 amide bonds. The summed E-state index contributed by atoms with van der Waals surface area (Å²) in [6.45, 7) is 0. The zero-order valence-electron chi connectivity index (χ0n) is 9.96. The van der Waals surface area contributed by atoms with Crippen LogP contribution in [-0.2, 0) is 0 Å². The Kier molecular flexibility index (Phi) is 3.33. The van der Waals surface area contributed by atoms with E-state index in [1.165, 1.54) is 31.4 Å². The Balaban J connectivity index is 2.68. The fourth-order valence-electron chi connectivity index (χ4n) is 1.80. The Morgan fingerprint density at radius 1 is 1.32 bits per heavy atom. The molecule has 0 heterocycles. The predicted molar refractivity (Wildman–Crippen MR) is 66.7 cm³/mol. The highest BCUT2D eigenvalue weighted by Crippen LogP contribution is 2.40. The summed E-state index contributed by atoms with van der Waals surface area (Å²) in [7, 11) is 1.29. The molecule has 0 spiro atoms. The van der Waals surface area contributed by atoms with Crippen LogP contribution >= 0.6 is 0 Å². The number of phenolic OH excluding ortho intramolecular Hbond substituents is 1. The van der Waals surface area contributed by atoms with Crippen LogP contribution < -0.4 is 4.74 Å². The second-order valence-electron chi connectivity index (χ2n) is 3.78. The molecule has 0 bridgehead atoms. The minimum absolute atomic E-state index is 0.00815. The molecule has 0 fully saturated rings. The van der Waals surface area contributed by atoms with Crippen LogP contribution in [0.2, 0.25) is 0 Å². The van der Waals surface area contributed by atoms with Crippen molar-refractivity contribution in [1.29, 1.82) is 0 Å². The van der Waals surface area contributed by atoms with Crippen LogP contribution in [0.5, 0.6) is 11.5 Å². The standard InChI is InChI=1S/C13H10FNO4/c1-19-13-11(16)6-5-10(14)12(13)8-3-2-4-9(7-8)15(17)18/h2-7,16H,1H3. The number of aromatic hydroxyl groups is 1. The number of nitro benzene ring substituents is 1. The first-order valence-corrected chi connectivity index (χ1v) is 5.35. The number of nitrogens with zero attached hydrogens (tertiary/aromatic N) is 1. The molecule has 0 atom stereocenters. The van der Waals surface area contributed by atoms with E-state index in [4.69, 9.17) is 4.74 Å². The van der Waals surface area contributed by atoms with E-state index >= 15 is 0 Å². The first kappa shape index (κ1) is 12.8. The summed E-state index contributed by atoms with van der Waals surface area (Å²) < 4.78 is 18.8. The van der Waals surface area contributed by atoms with Crippen LogP contribution in [0.15, 0.2) is 36.4 Å². The maximum absolute atomic E-state index is 13.9. The van der Waals surface area contributed by atoms with Crippen molar-refractivity contribution in [2.75, 3.05) is 7.11 Å². The number of methoxy groups -OCH3 is 1. The van der Waals surface area contributed by atoms with Gasteiger partial charge in [-0.15, -0.1) is 0 Å². The van der Waals surface area contributed by atoms with Gasteiger partial charge in [-0.25, -0.2) is 4.39 Å². The van der Waals surface area contributed by atoms with Gasteiger partial charge in [-0.2, -0.15) is 0 Å². The van der Waals surface area contributed by atoms with E-state index in [-0.39, 0.29) is 28.3 Å². The smallest absolute Gasteiger partial charge is 0.270 e. The third-order valence-corrected chi connectivity index (χ3v) is 2.64. The quantitative estimate of drug-likeness (QED) is 0.682. The topological polar surface area (TPSA) is 72.6 Å². The molecule has 0 radical (unpaired) electrons. The summed E-state index contributed by atoms with van der Waals surface area (Å²) >= 11 is 0. The molecule has 0 aromatic heterocycles. The van der Waals surface area contributed by atoms with E-state index in [0.717, 1.165) is 12.1 Å². The molecule has 98 valence electrons. The van der Waals surface area contributed by atoms with Crippen LogP contribution in [-0.4, -0.2) is 17.1 Å². The number of ether oxygens (including phenoxy) is 1. The van der Waals surface area contributed by atoms with E-state index in [1.54, 1.807) is 0 Å².